The summed E-state index contributed by atoms with van der Waals surface area (Å²) in [5.74, 6) is 0.811. The predicted molar refractivity (Wildman–Crippen MR) is 75.0 cm³/mol. The van der Waals surface area contributed by atoms with E-state index in [1.54, 1.807) is 0 Å². The average molecular weight is 263 g/mol. The lowest BCUT2D eigenvalue weighted by molar-refractivity contribution is -0.0404. The van der Waals surface area contributed by atoms with Gasteiger partial charge in [-0.15, -0.1) is 0 Å². The van der Waals surface area contributed by atoms with E-state index in [0.29, 0.717) is 18.8 Å². The molecule has 1 aromatic rings. The second-order valence-corrected chi connectivity index (χ2v) is 6.05. The summed E-state index contributed by atoms with van der Waals surface area (Å²) >= 11 is 0. The fourth-order valence-electron chi connectivity index (χ4n) is 3.30. The molecule has 1 heterocycles. The van der Waals surface area contributed by atoms with Gasteiger partial charge in [-0.1, -0.05) is 12.8 Å². The van der Waals surface area contributed by atoms with E-state index in [9.17, 15) is 0 Å². The molecule has 3 rings (SSSR count). The van der Waals surface area contributed by atoms with Crippen LogP contribution in [0.25, 0.3) is 0 Å². The van der Waals surface area contributed by atoms with E-state index in [-0.39, 0.29) is 0 Å². The Hall–Kier alpha value is -0.870. The monoisotopic (exact) mass is 263 g/mol. The van der Waals surface area contributed by atoms with Crippen LogP contribution in [0.2, 0.25) is 0 Å². The highest BCUT2D eigenvalue weighted by Gasteiger charge is 2.29. The van der Waals surface area contributed by atoms with Crippen molar-refractivity contribution in [3.63, 3.8) is 0 Å². The summed E-state index contributed by atoms with van der Waals surface area (Å²) in [5, 5.41) is 7.88. The SMILES string of the molecule is CNCC1CC(OCc2ccn(C3CCCC3)n2)C1. The van der Waals surface area contributed by atoms with E-state index in [2.05, 4.69) is 27.4 Å². The van der Waals surface area contributed by atoms with E-state index in [1.807, 2.05) is 7.05 Å². The first-order chi connectivity index (χ1) is 9.35. The molecule has 4 heteroatoms. The van der Waals surface area contributed by atoms with Gasteiger partial charge < -0.3 is 10.1 Å². The Bertz CT molecular complexity index is 392. The summed E-state index contributed by atoms with van der Waals surface area (Å²) in [7, 11) is 2.02. The van der Waals surface area contributed by atoms with Gasteiger partial charge in [0.1, 0.15) is 0 Å². The Balaban J connectivity index is 1.41. The molecule has 0 aromatic carbocycles. The van der Waals surface area contributed by atoms with Gasteiger partial charge in [0.15, 0.2) is 0 Å². The summed E-state index contributed by atoms with van der Waals surface area (Å²) in [4.78, 5) is 0. The fraction of sp³-hybridized carbons (Fsp3) is 0.800. The molecule has 2 fully saturated rings. The van der Waals surface area contributed by atoms with Gasteiger partial charge in [-0.3, -0.25) is 4.68 Å². The van der Waals surface area contributed by atoms with Crippen molar-refractivity contribution in [2.75, 3.05) is 13.6 Å². The third kappa shape index (κ3) is 3.18. The van der Waals surface area contributed by atoms with Gasteiger partial charge in [0, 0.05) is 6.20 Å². The first kappa shape index (κ1) is 13.1. The second kappa shape index (κ2) is 6.06. The molecule has 19 heavy (non-hydrogen) atoms. The molecule has 1 aromatic heterocycles. The summed E-state index contributed by atoms with van der Waals surface area (Å²) in [5.41, 5.74) is 1.09. The Morgan fingerprint density at radius 3 is 2.89 bits per heavy atom. The van der Waals surface area contributed by atoms with Gasteiger partial charge in [-0.2, -0.15) is 5.10 Å². The highest BCUT2D eigenvalue weighted by Crippen LogP contribution is 2.31. The first-order valence-corrected chi connectivity index (χ1v) is 7.65. The Morgan fingerprint density at radius 2 is 2.16 bits per heavy atom. The summed E-state index contributed by atoms with van der Waals surface area (Å²) < 4.78 is 8.06. The maximum atomic E-state index is 5.91. The smallest absolute Gasteiger partial charge is 0.0910 e. The standard InChI is InChI=1S/C15H25N3O/c1-16-10-12-8-15(9-12)19-11-13-6-7-18(17-13)14-4-2-3-5-14/h6-7,12,14-16H,2-5,8-11H2,1H3. The highest BCUT2D eigenvalue weighted by atomic mass is 16.5. The molecule has 0 unspecified atom stereocenters. The number of nitrogens with zero attached hydrogens (tertiary/aromatic N) is 2. The molecule has 2 aliphatic rings. The lowest BCUT2D eigenvalue weighted by Gasteiger charge is -2.34. The molecule has 4 nitrogen and oxygen atoms in total. The van der Waals surface area contributed by atoms with Gasteiger partial charge in [0.2, 0.25) is 0 Å². The van der Waals surface area contributed by atoms with E-state index < -0.39 is 0 Å². The molecule has 0 radical (unpaired) electrons. The van der Waals surface area contributed by atoms with Crippen molar-refractivity contribution in [1.29, 1.82) is 0 Å². The van der Waals surface area contributed by atoms with Crippen LogP contribution in [0, 0.1) is 5.92 Å². The van der Waals surface area contributed by atoms with Gasteiger partial charge in [0.25, 0.3) is 0 Å². The molecule has 0 saturated heterocycles. The van der Waals surface area contributed by atoms with Crippen molar-refractivity contribution in [1.82, 2.24) is 15.1 Å². The van der Waals surface area contributed by atoms with Crippen LogP contribution in [-0.4, -0.2) is 29.5 Å². The fourth-order valence-corrected chi connectivity index (χ4v) is 3.30. The normalized spacial score (nSPS) is 27.6. The van der Waals surface area contributed by atoms with Crippen molar-refractivity contribution < 1.29 is 4.74 Å². The molecule has 0 aliphatic heterocycles. The van der Waals surface area contributed by atoms with Crippen LogP contribution >= 0.6 is 0 Å². The van der Waals surface area contributed by atoms with Crippen LogP contribution in [-0.2, 0) is 11.3 Å². The van der Waals surface area contributed by atoms with Crippen LogP contribution in [0.4, 0.5) is 0 Å². The van der Waals surface area contributed by atoms with Gasteiger partial charge >= 0.3 is 0 Å². The van der Waals surface area contributed by atoms with Crippen LogP contribution in [0.1, 0.15) is 50.3 Å². The van der Waals surface area contributed by atoms with Crippen molar-refractivity contribution in [3.05, 3.63) is 18.0 Å². The molecule has 106 valence electrons. The predicted octanol–water partition coefficient (Wildman–Crippen LogP) is 2.51. The molecule has 0 atom stereocenters. The molecule has 2 aliphatic carbocycles. The van der Waals surface area contributed by atoms with Gasteiger partial charge in [0.05, 0.1) is 24.4 Å². The molecular formula is C15H25N3O. The lowest BCUT2D eigenvalue weighted by atomic mass is 9.82. The van der Waals surface area contributed by atoms with Crippen molar-refractivity contribution in [3.8, 4) is 0 Å². The quantitative estimate of drug-likeness (QED) is 0.857. The molecule has 2 saturated carbocycles. The van der Waals surface area contributed by atoms with E-state index in [4.69, 9.17) is 4.74 Å². The third-order valence-electron chi connectivity index (χ3n) is 4.51. The van der Waals surface area contributed by atoms with Crippen LogP contribution in [0.5, 0.6) is 0 Å². The zero-order valence-electron chi connectivity index (χ0n) is 11.8. The minimum atomic E-state index is 0.454. The molecular weight excluding hydrogens is 238 g/mol. The van der Waals surface area contributed by atoms with Gasteiger partial charge in [-0.25, -0.2) is 0 Å². The van der Waals surface area contributed by atoms with Crippen molar-refractivity contribution >= 4 is 0 Å². The first-order valence-electron chi connectivity index (χ1n) is 7.65. The van der Waals surface area contributed by atoms with E-state index in [0.717, 1.165) is 18.2 Å². The minimum absolute atomic E-state index is 0.454. The average Bonchev–Trinajstić information content (AvgIpc) is 3.01. The molecule has 0 spiro atoms. The maximum absolute atomic E-state index is 5.91. The number of rotatable bonds is 6. The van der Waals surface area contributed by atoms with Crippen LogP contribution < -0.4 is 5.32 Å². The number of hydrogen-bond acceptors (Lipinski definition) is 3. The third-order valence-corrected chi connectivity index (χ3v) is 4.51. The van der Waals surface area contributed by atoms with E-state index >= 15 is 0 Å². The summed E-state index contributed by atoms with van der Waals surface area (Å²) in [6, 6.07) is 2.75. The molecule has 0 amide bonds. The number of nitrogens with one attached hydrogen (secondary N) is 1. The summed E-state index contributed by atoms with van der Waals surface area (Å²) in [6.07, 6.45) is 10.3. The molecule has 1 N–H and O–H groups in total. The number of hydrogen-bond donors (Lipinski definition) is 1. The minimum Gasteiger partial charge on any atom is -0.372 e. The van der Waals surface area contributed by atoms with Crippen LogP contribution in [0.15, 0.2) is 12.3 Å². The number of aromatic nitrogens is 2. The van der Waals surface area contributed by atoms with Crippen molar-refractivity contribution in [2.45, 2.75) is 57.3 Å². The zero-order chi connectivity index (χ0) is 13.1. The van der Waals surface area contributed by atoms with Gasteiger partial charge in [-0.05, 0) is 51.3 Å². The second-order valence-electron chi connectivity index (χ2n) is 6.05. The maximum Gasteiger partial charge on any atom is 0.0910 e. The highest BCUT2D eigenvalue weighted by molar-refractivity contribution is 4.99. The summed E-state index contributed by atoms with van der Waals surface area (Å²) in [6.45, 7) is 1.80. The van der Waals surface area contributed by atoms with Crippen LogP contribution in [0.3, 0.4) is 0 Å². The molecule has 0 bridgehead atoms. The zero-order valence-corrected chi connectivity index (χ0v) is 11.8. The lowest BCUT2D eigenvalue weighted by Crippen LogP contribution is -2.36. The largest absolute Gasteiger partial charge is 0.372 e. The van der Waals surface area contributed by atoms with Crippen molar-refractivity contribution in [2.24, 2.45) is 5.92 Å². The number of ether oxygens (including phenoxy) is 1. The van der Waals surface area contributed by atoms with E-state index in [1.165, 1.54) is 38.5 Å². The topological polar surface area (TPSA) is 39.1 Å². The Morgan fingerprint density at radius 1 is 1.37 bits per heavy atom. The Labute approximate surface area is 115 Å². The Kier molecular flexibility index (Phi) is 4.18.